The van der Waals surface area contributed by atoms with E-state index in [1.54, 1.807) is 13.0 Å². The average Bonchev–Trinajstić information content (AvgIpc) is 2.01. The Labute approximate surface area is 70.0 Å². The lowest BCUT2D eigenvalue weighted by Gasteiger charge is -2.04. The Morgan fingerprint density at radius 1 is 1.55 bits per heavy atom. The number of benzene rings is 1. The van der Waals surface area contributed by atoms with Crippen LogP contribution < -0.4 is 5.73 Å². The van der Waals surface area contributed by atoms with Gasteiger partial charge in [0.15, 0.2) is 0 Å². The molecule has 0 saturated carbocycles. The van der Waals surface area contributed by atoms with Crippen molar-refractivity contribution in [2.45, 2.75) is 13.5 Å². The minimum Gasteiger partial charge on any atom is -0.326 e. The van der Waals surface area contributed by atoms with Gasteiger partial charge in [-0.15, -0.1) is 0 Å². The molecule has 0 aliphatic heterocycles. The topological polar surface area (TPSA) is 26.0 Å². The fourth-order valence-corrected chi connectivity index (χ4v) is 1.12. The molecule has 60 valence electrons. The van der Waals surface area contributed by atoms with Crippen molar-refractivity contribution in [3.05, 3.63) is 34.1 Å². The fraction of sp³-hybridized carbons (Fsp3) is 0.250. The highest BCUT2D eigenvalue weighted by molar-refractivity contribution is 6.30. The van der Waals surface area contributed by atoms with Gasteiger partial charge in [-0.2, -0.15) is 0 Å². The van der Waals surface area contributed by atoms with Crippen LogP contribution in [0.4, 0.5) is 4.39 Å². The predicted molar refractivity (Wildman–Crippen MR) is 44.0 cm³/mol. The molecule has 11 heavy (non-hydrogen) atoms. The van der Waals surface area contributed by atoms with Crippen molar-refractivity contribution < 1.29 is 4.39 Å². The smallest absolute Gasteiger partial charge is 0.145 e. The second-order valence-corrected chi connectivity index (χ2v) is 2.76. The normalized spacial score (nSPS) is 10.2. The van der Waals surface area contributed by atoms with Crippen LogP contribution in [0, 0.1) is 12.7 Å². The summed E-state index contributed by atoms with van der Waals surface area (Å²) in [5.41, 5.74) is 6.70. The van der Waals surface area contributed by atoms with Gasteiger partial charge in [0, 0.05) is 6.54 Å². The van der Waals surface area contributed by atoms with E-state index in [0.29, 0.717) is 12.1 Å². The molecule has 3 heteroatoms. The molecule has 0 spiro atoms. The molecular formula is C8H9ClFN. The minimum atomic E-state index is -0.366. The van der Waals surface area contributed by atoms with Crippen molar-refractivity contribution in [1.82, 2.24) is 0 Å². The van der Waals surface area contributed by atoms with Crippen molar-refractivity contribution in [1.29, 1.82) is 0 Å². The molecule has 1 aromatic rings. The van der Waals surface area contributed by atoms with Crippen molar-refractivity contribution in [2.24, 2.45) is 5.73 Å². The number of hydrogen-bond donors (Lipinski definition) is 1. The molecule has 0 amide bonds. The van der Waals surface area contributed by atoms with Gasteiger partial charge in [-0.25, -0.2) is 4.39 Å². The van der Waals surface area contributed by atoms with Crippen molar-refractivity contribution in [2.75, 3.05) is 0 Å². The molecule has 0 aliphatic carbocycles. The molecule has 0 unspecified atom stereocenters. The Hall–Kier alpha value is -0.600. The monoisotopic (exact) mass is 173 g/mol. The third-order valence-corrected chi connectivity index (χ3v) is 1.96. The quantitative estimate of drug-likeness (QED) is 0.693. The Bertz CT molecular complexity index is 273. The van der Waals surface area contributed by atoms with Gasteiger partial charge < -0.3 is 5.73 Å². The van der Waals surface area contributed by atoms with Crippen LogP contribution in [0.1, 0.15) is 11.1 Å². The highest BCUT2D eigenvalue weighted by atomic mass is 35.5. The first-order valence-electron chi connectivity index (χ1n) is 3.30. The predicted octanol–water partition coefficient (Wildman–Crippen LogP) is 2.25. The van der Waals surface area contributed by atoms with E-state index in [0.717, 1.165) is 5.56 Å². The van der Waals surface area contributed by atoms with Crippen LogP contribution in [0.5, 0.6) is 0 Å². The molecule has 0 heterocycles. The molecule has 0 bridgehead atoms. The number of hydrogen-bond acceptors (Lipinski definition) is 1. The van der Waals surface area contributed by atoms with Gasteiger partial charge in [-0.1, -0.05) is 17.7 Å². The molecule has 0 saturated heterocycles. The zero-order valence-corrected chi connectivity index (χ0v) is 6.95. The van der Waals surface area contributed by atoms with Crippen molar-refractivity contribution in [3.8, 4) is 0 Å². The maximum atomic E-state index is 13.0. The lowest BCUT2D eigenvalue weighted by Crippen LogP contribution is -2.00. The Morgan fingerprint density at radius 2 is 2.18 bits per heavy atom. The van der Waals surface area contributed by atoms with E-state index in [-0.39, 0.29) is 10.8 Å². The van der Waals surface area contributed by atoms with Gasteiger partial charge in [-0.3, -0.25) is 0 Å². The minimum absolute atomic E-state index is 0.153. The third-order valence-electron chi connectivity index (χ3n) is 1.67. The van der Waals surface area contributed by atoms with Crippen LogP contribution in [0.15, 0.2) is 12.1 Å². The fourth-order valence-electron chi connectivity index (χ4n) is 0.913. The maximum absolute atomic E-state index is 13.0. The zero-order chi connectivity index (χ0) is 8.43. The number of nitrogens with two attached hydrogens (primary N) is 1. The second-order valence-electron chi connectivity index (χ2n) is 2.35. The lowest BCUT2D eigenvalue weighted by molar-refractivity contribution is 0.616. The van der Waals surface area contributed by atoms with E-state index in [1.807, 2.05) is 0 Å². The second kappa shape index (κ2) is 3.20. The van der Waals surface area contributed by atoms with Crippen LogP contribution in [0.2, 0.25) is 5.02 Å². The molecule has 0 atom stereocenters. The zero-order valence-electron chi connectivity index (χ0n) is 6.20. The van der Waals surface area contributed by atoms with Gasteiger partial charge >= 0.3 is 0 Å². The summed E-state index contributed by atoms with van der Waals surface area (Å²) in [6.07, 6.45) is 0. The number of rotatable bonds is 1. The Kier molecular flexibility index (Phi) is 2.47. The molecule has 0 radical (unpaired) electrons. The molecule has 2 N–H and O–H groups in total. The molecule has 0 aliphatic rings. The van der Waals surface area contributed by atoms with E-state index >= 15 is 0 Å². The van der Waals surface area contributed by atoms with E-state index in [2.05, 4.69) is 0 Å². The third kappa shape index (κ3) is 1.52. The van der Waals surface area contributed by atoms with Gasteiger partial charge in [0.25, 0.3) is 0 Å². The van der Waals surface area contributed by atoms with E-state index < -0.39 is 0 Å². The lowest BCUT2D eigenvalue weighted by atomic mass is 10.1. The van der Waals surface area contributed by atoms with Gasteiger partial charge in [0.2, 0.25) is 0 Å². The Morgan fingerprint density at radius 3 is 2.73 bits per heavy atom. The summed E-state index contributed by atoms with van der Waals surface area (Å²) in [5.74, 6) is -0.366. The summed E-state index contributed by atoms with van der Waals surface area (Å²) in [5, 5.41) is 0.153. The van der Waals surface area contributed by atoms with Gasteiger partial charge in [-0.05, 0) is 24.1 Å². The number of halogens is 2. The van der Waals surface area contributed by atoms with E-state index in [9.17, 15) is 4.39 Å². The summed E-state index contributed by atoms with van der Waals surface area (Å²) in [4.78, 5) is 0. The molecule has 1 rings (SSSR count). The summed E-state index contributed by atoms with van der Waals surface area (Å²) in [7, 11) is 0. The van der Waals surface area contributed by atoms with Gasteiger partial charge in [0.1, 0.15) is 5.82 Å². The van der Waals surface area contributed by atoms with Crippen molar-refractivity contribution in [3.63, 3.8) is 0 Å². The molecule has 1 aromatic carbocycles. The standard InChI is InChI=1S/C8H9ClFN/c1-5-6(4-11)2-3-7(9)8(5)10/h2-3H,4,11H2,1H3. The largest absolute Gasteiger partial charge is 0.326 e. The van der Waals surface area contributed by atoms with Crippen LogP contribution in [-0.4, -0.2) is 0 Å². The van der Waals surface area contributed by atoms with Crippen LogP contribution in [-0.2, 0) is 6.54 Å². The van der Waals surface area contributed by atoms with Crippen LogP contribution in [0.3, 0.4) is 0 Å². The Balaban J connectivity index is 3.25. The summed E-state index contributed by atoms with van der Waals surface area (Å²) in [6.45, 7) is 2.02. The highest BCUT2D eigenvalue weighted by Crippen LogP contribution is 2.20. The average molecular weight is 174 g/mol. The van der Waals surface area contributed by atoms with Crippen LogP contribution in [0.25, 0.3) is 0 Å². The first-order chi connectivity index (χ1) is 5.16. The molecular weight excluding hydrogens is 165 g/mol. The summed E-state index contributed by atoms with van der Waals surface area (Å²) < 4.78 is 13.0. The van der Waals surface area contributed by atoms with E-state index in [1.165, 1.54) is 6.07 Å². The van der Waals surface area contributed by atoms with E-state index in [4.69, 9.17) is 17.3 Å². The first-order valence-corrected chi connectivity index (χ1v) is 3.68. The summed E-state index contributed by atoms with van der Waals surface area (Å²) in [6, 6.07) is 3.26. The maximum Gasteiger partial charge on any atom is 0.145 e. The SMILES string of the molecule is Cc1c(CN)ccc(Cl)c1F. The first kappa shape index (κ1) is 8.50. The summed E-state index contributed by atoms with van der Waals surface area (Å²) >= 11 is 5.53. The van der Waals surface area contributed by atoms with Crippen molar-refractivity contribution >= 4 is 11.6 Å². The van der Waals surface area contributed by atoms with Crippen LogP contribution >= 0.6 is 11.6 Å². The molecule has 1 nitrogen and oxygen atoms in total. The molecule has 0 fully saturated rings. The van der Waals surface area contributed by atoms with Gasteiger partial charge in [0.05, 0.1) is 5.02 Å². The highest BCUT2D eigenvalue weighted by Gasteiger charge is 2.05. The molecule has 0 aromatic heterocycles.